The number of halogens is 1. The van der Waals surface area contributed by atoms with E-state index < -0.39 is 11.6 Å². The summed E-state index contributed by atoms with van der Waals surface area (Å²) in [7, 11) is 0. The third kappa shape index (κ3) is 3.73. The van der Waals surface area contributed by atoms with E-state index in [1.807, 2.05) is 12.1 Å². The summed E-state index contributed by atoms with van der Waals surface area (Å²) in [5.41, 5.74) is 13.9. The normalized spacial score (nSPS) is 27.6. The minimum atomic E-state index is -0.779. The molecule has 3 aliphatic heterocycles. The Hall–Kier alpha value is -3.06. The third-order valence-corrected chi connectivity index (χ3v) is 8.81. The number of carbonyl (C=O) groups is 1. The van der Waals surface area contributed by atoms with Crippen molar-refractivity contribution in [3.8, 4) is 5.88 Å². The molecule has 2 saturated heterocycles. The van der Waals surface area contributed by atoms with Gasteiger partial charge in [0.05, 0.1) is 42.2 Å². The molecule has 3 fully saturated rings. The first kappa shape index (κ1) is 23.1. The predicted molar refractivity (Wildman–Crippen MR) is 135 cm³/mol. The van der Waals surface area contributed by atoms with E-state index in [1.54, 1.807) is 6.92 Å². The van der Waals surface area contributed by atoms with Gasteiger partial charge < -0.3 is 35.9 Å². The van der Waals surface area contributed by atoms with Crippen LogP contribution in [0.3, 0.4) is 0 Å². The predicted octanol–water partition coefficient (Wildman–Crippen LogP) is 1.88. The lowest BCUT2D eigenvalue weighted by Crippen LogP contribution is -2.48. The van der Waals surface area contributed by atoms with Gasteiger partial charge >= 0.3 is 0 Å². The van der Waals surface area contributed by atoms with Crippen molar-refractivity contribution in [1.29, 1.82) is 0 Å². The van der Waals surface area contributed by atoms with Gasteiger partial charge in [-0.05, 0) is 38.0 Å². The Labute approximate surface area is 216 Å². The van der Waals surface area contributed by atoms with Gasteiger partial charge in [-0.15, -0.1) is 11.3 Å². The van der Waals surface area contributed by atoms with E-state index in [0.29, 0.717) is 47.1 Å². The molecule has 7 rings (SSSR count). The first-order chi connectivity index (χ1) is 17.7. The average Bonchev–Trinajstić information content (AvgIpc) is 3.26. The number of aryl methyl sites for hydroxylation is 1. The lowest BCUT2D eigenvalue weighted by atomic mass is 10.1. The molecule has 0 radical (unpaired) electrons. The maximum absolute atomic E-state index is 14.0. The Morgan fingerprint density at radius 2 is 2.16 bits per heavy atom. The molecule has 37 heavy (non-hydrogen) atoms. The Morgan fingerprint density at radius 3 is 2.95 bits per heavy atom. The molecule has 12 heteroatoms. The summed E-state index contributed by atoms with van der Waals surface area (Å²) in [6, 6.07) is 4.71. The minimum Gasteiger partial charge on any atom is -0.475 e. The number of nitrogens with two attached hydrogens (primary N) is 2. The molecule has 194 valence electrons. The first-order valence-corrected chi connectivity index (χ1v) is 13.2. The largest absolute Gasteiger partial charge is 0.475 e. The number of aromatic nitrogens is 2. The number of nitrogens with one attached hydrogen (secondary N) is 1. The molecule has 3 atom stereocenters. The van der Waals surface area contributed by atoms with Crippen LogP contribution in [-0.2, 0) is 15.9 Å². The van der Waals surface area contributed by atoms with Gasteiger partial charge in [0, 0.05) is 23.9 Å². The van der Waals surface area contributed by atoms with Crippen LogP contribution in [0.15, 0.2) is 18.2 Å². The van der Waals surface area contributed by atoms with Crippen molar-refractivity contribution >= 4 is 39.0 Å². The smallest absolute Gasteiger partial charge is 0.263 e. The highest BCUT2D eigenvalue weighted by atomic mass is 32.1. The highest BCUT2D eigenvalue weighted by Crippen LogP contribution is 2.51. The fraction of sp³-hybridized carbons (Fsp3) is 0.480. The Kier molecular flexibility index (Phi) is 4.97. The van der Waals surface area contributed by atoms with Gasteiger partial charge in [0.1, 0.15) is 27.9 Å². The van der Waals surface area contributed by atoms with Gasteiger partial charge in [-0.2, -0.15) is 4.98 Å². The molecule has 0 bridgehead atoms. The quantitative estimate of drug-likeness (QED) is 0.467. The molecule has 1 aliphatic carbocycles. The molecule has 6 heterocycles. The Bertz CT molecular complexity index is 1440. The number of amides is 1. The summed E-state index contributed by atoms with van der Waals surface area (Å²) in [4.78, 5) is 24.9. The van der Waals surface area contributed by atoms with Gasteiger partial charge in [-0.1, -0.05) is 0 Å². The fourth-order valence-corrected chi connectivity index (χ4v) is 6.39. The van der Waals surface area contributed by atoms with Crippen LogP contribution >= 0.6 is 11.3 Å². The lowest BCUT2D eigenvalue weighted by molar-refractivity contribution is -0.163. The molecule has 5 N–H and O–H groups in total. The summed E-state index contributed by atoms with van der Waals surface area (Å²) >= 11 is 1.15. The molecule has 1 amide bonds. The Morgan fingerprint density at radius 1 is 1.32 bits per heavy atom. The molecule has 3 aromatic rings. The zero-order valence-electron chi connectivity index (χ0n) is 20.3. The van der Waals surface area contributed by atoms with Crippen LogP contribution in [0.2, 0.25) is 0 Å². The number of nitrogen functional groups attached to an aromatic ring is 1. The molecule has 2 spiro atoms. The number of rotatable bonds is 3. The zero-order valence-corrected chi connectivity index (χ0v) is 21.1. The van der Waals surface area contributed by atoms with E-state index in [1.165, 1.54) is 6.07 Å². The van der Waals surface area contributed by atoms with Crippen LogP contribution in [0.4, 0.5) is 15.9 Å². The number of thiophene rings is 1. The zero-order chi connectivity index (χ0) is 25.5. The monoisotopic (exact) mass is 526 g/mol. The van der Waals surface area contributed by atoms with Crippen LogP contribution in [0.1, 0.15) is 33.8 Å². The second-order valence-electron chi connectivity index (χ2n) is 10.4. The highest BCUT2D eigenvalue weighted by Gasteiger charge is 2.62. The van der Waals surface area contributed by atoms with Crippen molar-refractivity contribution in [3.63, 3.8) is 0 Å². The molecule has 3 aromatic heterocycles. The van der Waals surface area contributed by atoms with Crippen molar-refractivity contribution < 1.29 is 23.4 Å². The molecular formula is C25H27FN6O4S. The molecule has 0 aromatic carbocycles. The van der Waals surface area contributed by atoms with E-state index in [4.69, 9.17) is 30.7 Å². The van der Waals surface area contributed by atoms with Gasteiger partial charge in [-0.3, -0.25) is 4.79 Å². The van der Waals surface area contributed by atoms with Crippen molar-refractivity contribution in [1.82, 2.24) is 15.3 Å². The van der Waals surface area contributed by atoms with E-state index in [-0.39, 0.29) is 41.6 Å². The highest BCUT2D eigenvalue weighted by molar-refractivity contribution is 7.21. The maximum Gasteiger partial charge on any atom is 0.263 e. The number of pyridine rings is 2. The number of fused-ring (bicyclic) bond motifs is 2. The van der Waals surface area contributed by atoms with Crippen LogP contribution in [0.25, 0.3) is 10.2 Å². The van der Waals surface area contributed by atoms with Crippen molar-refractivity contribution in [3.05, 3.63) is 40.2 Å². The van der Waals surface area contributed by atoms with Crippen LogP contribution in [-0.4, -0.2) is 65.7 Å². The number of nitrogens with zero attached hydrogens (tertiary/aromatic N) is 3. The standard InChI is InChI=1S/C25H27FN6O4S/c1-12-16(26)7-15-19(28)20(37-23(15)29-12)21(33)30-14-6-13-2-3-18(31-22(13)34-9-14)32-8-17(27)25(10-32)35-11-24(36-25)4-5-24/h2-3,7,14,17H,4-6,8-11,27-28H2,1H3,(H,30,33). The first-order valence-electron chi connectivity index (χ1n) is 12.4. The third-order valence-electron chi connectivity index (χ3n) is 7.70. The van der Waals surface area contributed by atoms with Crippen molar-refractivity contribution in [2.75, 3.05) is 36.9 Å². The van der Waals surface area contributed by atoms with E-state index in [9.17, 15) is 9.18 Å². The van der Waals surface area contributed by atoms with Gasteiger partial charge in [0.2, 0.25) is 11.7 Å². The van der Waals surface area contributed by atoms with Crippen LogP contribution in [0.5, 0.6) is 5.88 Å². The van der Waals surface area contributed by atoms with Crippen molar-refractivity contribution in [2.24, 2.45) is 5.73 Å². The topological polar surface area (TPSA) is 138 Å². The lowest BCUT2D eigenvalue weighted by Gasteiger charge is -2.28. The molecule has 3 unspecified atom stereocenters. The minimum absolute atomic E-state index is 0.133. The maximum atomic E-state index is 14.0. The number of carbonyl (C=O) groups excluding carboxylic acids is 1. The Balaban J connectivity index is 1.04. The summed E-state index contributed by atoms with van der Waals surface area (Å²) in [6.07, 6.45) is 2.60. The van der Waals surface area contributed by atoms with Crippen molar-refractivity contribution in [2.45, 2.75) is 49.7 Å². The summed E-state index contributed by atoms with van der Waals surface area (Å²) in [5, 5.41) is 3.43. The molecule has 10 nitrogen and oxygen atoms in total. The average molecular weight is 527 g/mol. The molecule has 1 saturated carbocycles. The van der Waals surface area contributed by atoms with E-state index in [0.717, 1.165) is 35.6 Å². The summed E-state index contributed by atoms with van der Waals surface area (Å²) in [5.74, 6) is -0.263. The molecular weight excluding hydrogens is 499 g/mol. The number of anilines is 2. The van der Waals surface area contributed by atoms with E-state index >= 15 is 0 Å². The second-order valence-corrected chi connectivity index (χ2v) is 11.4. The number of hydrogen-bond acceptors (Lipinski definition) is 10. The number of ether oxygens (including phenoxy) is 3. The van der Waals surface area contributed by atoms with Crippen LogP contribution in [0, 0.1) is 12.7 Å². The van der Waals surface area contributed by atoms with Gasteiger partial charge in [0.25, 0.3) is 5.91 Å². The summed E-state index contributed by atoms with van der Waals surface area (Å²) in [6.45, 7) is 3.55. The molecule has 4 aliphatic rings. The summed E-state index contributed by atoms with van der Waals surface area (Å²) < 4.78 is 32.3. The SMILES string of the molecule is Cc1nc2sc(C(=O)NC3COc4nc(N5CC(N)C6(C5)OCC5(CC5)O6)ccc4C3)c(N)c2cc1F. The number of hydrogen-bond donors (Lipinski definition) is 3. The van der Waals surface area contributed by atoms with Gasteiger partial charge in [-0.25, -0.2) is 9.37 Å². The van der Waals surface area contributed by atoms with E-state index in [2.05, 4.69) is 15.2 Å². The second kappa shape index (κ2) is 7.97. The van der Waals surface area contributed by atoms with Gasteiger partial charge in [0.15, 0.2) is 0 Å². The van der Waals surface area contributed by atoms with Crippen LogP contribution < -0.4 is 26.4 Å². The fourth-order valence-electron chi connectivity index (χ4n) is 5.36.